The molecular formula is C33H50N2O6. The van der Waals surface area contributed by atoms with Gasteiger partial charge in [0.15, 0.2) is 11.5 Å². The summed E-state index contributed by atoms with van der Waals surface area (Å²) in [4.78, 5) is 24.8. The third kappa shape index (κ3) is 17.0. The van der Waals surface area contributed by atoms with Crippen LogP contribution in [0.4, 0.5) is 4.79 Å². The monoisotopic (exact) mass is 570 g/mol. The SMILES string of the molecule is C#CCCCCOc1c(OCCCC=C)cc(C(=O)NCCCCCNC(=O)OC(C)(C)C)cc1OCCCC=C. The summed E-state index contributed by atoms with van der Waals surface area (Å²) in [5.41, 5.74) is -0.0813. The second-order valence-electron chi connectivity index (χ2n) is 10.6. The third-order valence-corrected chi connectivity index (χ3v) is 5.67. The highest BCUT2D eigenvalue weighted by atomic mass is 16.6. The van der Waals surface area contributed by atoms with E-state index in [1.807, 2.05) is 32.9 Å². The zero-order chi connectivity index (χ0) is 30.3. The number of hydrogen-bond acceptors (Lipinski definition) is 6. The van der Waals surface area contributed by atoms with E-state index in [0.717, 1.165) is 57.8 Å². The Morgan fingerprint density at radius 2 is 1.39 bits per heavy atom. The average Bonchev–Trinajstić information content (AvgIpc) is 2.92. The zero-order valence-electron chi connectivity index (χ0n) is 25.4. The molecule has 0 aliphatic heterocycles. The second kappa shape index (κ2) is 21.2. The molecule has 1 aromatic rings. The van der Waals surface area contributed by atoms with Crippen LogP contribution in [0.5, 0.6) is 17.2 Å². The number of benzene rings is 1. The van der Waals surface area contributed by atoms with E-state index in [2.05, 4.69) is 29.7 Å². The predicted octanol–water partition coefficient (Wildman–Crippen LogP) is 6.98. The minimum absolute atomic E-state index is 0.218. The molecule has 0 atom stereocenters. The van der Waals surface area contributed by atoms with E-state index in [4.69, 9.17) is 25.4 Å². The molecule has 2 amide bonds. The fraction of sp³-hybridized carbons (Fsp3) is 0.576. The number of rotatable bonds is 22. The standard InChI is InChI=1S/C33H50N2O6/c1-7-10-13-19-24-40-30-28(38-22-17-11-8-2)25-27(26-29(30)39-23-18-12-9-3)31(36)34-20-15-14-16-21-35-32(37)41-33(4,5)6/h1,8-9,25-26H,2-3,10-24H2,4-6H3,(H,34,36)(H,35,37). The maximum Gasteiger partial charge on any atom is 0.407 e. The van der Waals surface area contributed by atoms with Crippen LogP contribution < -0.4 is 24.8 Å². The van der Waals surface area contributed by atoms with Gasteiger partial charge in [-0.1, -0.05) is 12.2 Å². The Bertz CT molecular complexity index is 940. The summed E-state index contributed by atoms with van der Waals surface area (Å²) in [5.74, 6) is 3.88. The Labute approximate surface area is 247 Å². The molecule has 0 saturated heterocycles. The molecule has 8 nitrogen and oxygen atoms in total. The molecule has 2 N–H and O–H groups in total. The van der Waals surface area contributed by atoms with Gasteiger partial charge in [-0.3, -0.25) is 4.79 Å². The quantitative estimate of drug-likeness (QED) is 0.0887. The number of ether oxygens (including phenoxy) is 4. The lowest BCUT2D eigenvalue weighted by atomic mass is 10.1. The largest absolute Gasteiger partial charge is 0.490 e. The molecular weight excluding hydrogens is 520 g/mol. The summed E-state index contributed by atoms with van der Waals surface area (Å²) in [5, 5.41) is 5.72. The van der Waals surface area contributed by atoms with Gasteiger partial charge in [-0.25, -0.2) is 4.79 Å². The maximum atomic E-state index is 13.1. The van der Waals surface area contributed by atoms with Crippen LogP contribution in [0.3, 0.4) is 0 Å². The fourth-order valence-corrected chi connectivity index (χ4v) is 3.62. The summed E-state index contributed by atoms with van der Waals surface area (Å²) >= 11 is 0. The van der Waals surface area contributed by atoms with Crippen LogP contribution in [0.25, 0.3) is 0 Å². The number of unbranched alkanes of at least 4 members (excludes halogenated alkanes) is 6. The van der Waals surface area contributed by atoms with Gasteiger partial charge >= 0.3 is 6.09 Å². The van der Waals surface area contributed by atoms with Crippen LogP contribution in [0.2, 0.25) is 0 Å². The number of carbonyl (C=O) groups is 2. The Balaban J connectivity index is 2.84. The molecule has 41 heavy (non-hydrogen) atoms. The van der Waals surface area contributed by atoms with Crippen LogP contribution in [0.1, 0.15) is 95.3 Å². The summed E-state index contributed by atoms with van der Waals surface area (Å²) in [7, 11) is 0. The number of carbonyl (C=O) groups excluding carboxylic acids is 2. The van der Waals surface area contributed by atoms with Crippen molar-refractivity contribution in [3.8, 4) is 29.6 Å². The zero-order valence-corrected chi connectivity index (χ0v) is 25.4. The van der Waals surface area contributed by atoms with E-state index >= 15 is 0 Å². The van der Waals surface area contributed by atoms with Gasteiger partial charge < -0.3 is 29.6 Å². The van der Waals surface area contributed by atoms with Gasteiger partial charge in [0.1, 0.15) is 5.60 Å². The van der Waals surface area contributed by atoms with Crippen molar-refractivity contribution in [1.82, 2.24) is 10.6 Å². The number of terminal acetylenes is 1. The molecule has 0 aromatic heterocycles. The van der Waals surface area contributed by atoms with Crippen molar-refractivity contribution in [2.24, 2.45) is 0 Å². The van der Waals surface area contributed by atoms with E-state index in [-0.39, 0.29) is 5.91 Å². The molecule has 0 saturated carbocycles. The van der Waals surface area contributed by atoms with Crippen LogP contribution in [0.15, 0.2) is 37.4 Å². The van der Waals surface area contributed by atoms with Gasteiger partial charge in [-0.15, -0.1) is 25.5 Å². The number of hydrogen-bond donors (Lipinski definition) is 2. The smallest absolute Gasteiger partial charge is 0.407 e. The molecule has 0 heterocycles. The van der Waals surface area contributed by atoms with Crippen molar-refractivity contribution in [3.63, 3.8) is 0 Å². The summed E-state index contributed by atoms with van der Waals surface area (Å²) in [6.07, 6.45) is 16.6. The van der Waals surface area contributed by atoms with Gasteiger partial charge in [-0.05, 0) is 90.7 Å². The topological polar surface area (TPSA) is 95.1 Å². The van der Waals surface area contributed by atoms with E-state index < -0.39 is 11.7 Å². The fourth-order valence-electron chi connectivity index (χ4n) is 3.62. The molecule has 0 bridgehead atoms. The molecule has 0 spiro atoms. The maximum absolute atomic E-state index is 13.1. The summed E-state index contributed by atoms with van der Waals surface area (Å²) < 4.78 is 23.5. The van der Waals surface area contributed by atoms with Crippen molar-refractivity contribution in [2.45, 2.75) is 90.6 Å². The van der Waals surface area contributed by atoms with Crippen LogP contribution in [-0.2, 0) is 4.74 Å². The van der Waals surface area contributed by atoms with Crippen molar-refractivity contribution >= 4 is 12.0 Å². The Kier molecular flexibility index (Phi) is 18.3. The number of allylic oxidation sites excluding steroid dienone is 2. The number of amides is 2. The number of alkyl carbamates (subject to hydrolysis) is 1. The molecule has 8 heteroatoms. The van der Waals surface area contributed by atoms with Crippen LogP contribution >= 0.6 is 0 Å². The predicted molar refractivity (Wildman–Crippen MR) is 165 cm³/mol. The van der Waals surface area contributed by atoms with Crippen LogP contribution in [0, 0.1) is 12.3 Å². The molecule has 0 radical (unpaired) electrons. The highest BCUT2D eigenvalue weighted by Crippen LogP contribution is 2.39. The van der Waals surface area contributed by atoms with E-state index in [1.54, 1.807) is 12.1 Å². The van der Waals surface area contributed by atoms with Gasteiger partial charge in [-0.2, -0.15) is 0 Å². The first kappa shape index (κ1) is 35.4. The lowest BCUT2D eigenvalue weighted by Crippen LogP contribution is -2.33. The van der Waals surface area contributed by atoms with Crippen molar-refractivity contribution in [1.29, 1.82) is 0 Å². The lowest BCUT2D eigenvalue weighted by Gasteiger charge is -2.19. The number of nitrogens with one attached hydrogen (secondary N) is 2. The van der Waals surface area contributed by atoms with Crippen molar-refractivity contribution < 1.29 is 28.5 Å². The van der Waals surface area contributed by atoms with Gasteiger partial charge in [0.25, 0.3) is 5.91 Å². The van der Waals surface area contributed by atoms with Crippen molar-refractivity contribution in [2.75, 3.05) is 32.9 Å². The lowest BCUT2D eigenvalue weighted by molar-refractivity contribution is 0.0527. The first-order valence-corrected chi connectivity index (χ1v) is 14.7. The minimum atomic E-state index is -0.520. The molecule has 0 fully saturated rings. The van der Waals surface area contributed by atoms with Crippen molar-refractivity contribution in [3.05, 3.63) is 43.0 Å². The minimum Gasteiger partial charge on any atom is -0.490 e. The van der Waals surface area contributed by atoms with Crippen LogP contribution in [-0.4, -0.2) is 50.5 Å². The van der Waals surface area contributed by atoms with Gasteiger partial charge in [0.05, 0.1) is 19.8 Å². The Hall–Kier alpha value is -3.60. The molecule has 1 aromatic carbocycles. The molecule has 1 rings (SSSR count). The molecule has 0 aliphatic rings. The van der Waals surface area contributed by atoms with Gasteiger partial charge in [0, 0.05) is 25.1 Å². The average molecular weight is 571 g/mol. The Morgan fingerprint density at radius 1 is 0.829 bits per heavy atom. The molecule has 0 unspecified atom stereocenters. The first-order valence-electron chi connectivity index (χ1n) is 14.7. The molecule has 228 valence electrons. The highest BCUT2D eigenvalue weighted by molar-refractivity contribution is 5.95. The summed E-state index contributed by atoms with van der Waals surface area (Å²) in [6, 6.07) is 3.42. The Morgan fingerprint density at radius 3 is 1.93 bits per heavy atom. The third-order valence-electron chi connectivity index (χ3n) is 5.67. The van der Waals surface area contributed by atoms with E-state index in [1.165, 1.54) is 0 Å². The second-order valence-corrected chi connectivity index (χ2v) is 10.6. The first-order chi connectivity index (χ1) is 19.7. The van der Waals surface area contributed by atoms with Gasteiger partial charge in [0.2, 0.25) is 5.75 Å². The van der Waals surface area contributed by atoms with E-state index in [9.17, 15) is 9.59 Å². The summed E-state index contributed by atoms with van der Waals surface area (Å²) in [6.45, 7) is 15.4. The molecule has 0 aliphatic carbocycles. The highest BCUT2D eigenvalue weighted by Gasteiger charge is 2.19. The van der Waals surface area contributed by atoms with E-state index in [0.29, 0.717) is 62.1 Å². The normalized spacial score (nSPS) is 10.7.